The molecule has 1 saturated heterocycles. The SMILES string of the molecule is CC1(O)CCN(CC(C)(O)Cc2ccccc2-c2ccc(Cl)cc2)CC1. The number of likely N-dealkylation sites (tertiary alicyclic amines) is 1. The van der Waals surface area contributed by atoms with Crippen LogP contribution in [0.15, 0.2) is 48.5 Å². The average molecular weight is 374 g/mol. The highest BCUT2D eigenvalue weighted by Gasteiger charge is 2.31. The van der Waals surface area contributed by atoms with Crippen LogP contribution >= 0.6 is 11.6 Å². The van der Waals surface area contributed by atoms with Gasteiger partial charge in [-0.15, -0.1) is 0 Å². The molecular weight excluding hydrogens is 346 g/mol. The van der Waals surface area contributed by atoms with Gasteiger partial charge in [0.15, 0.2) is 0 Å². The number of piperidine rings is 1. The Kier molecular flexibility index (Phi) is 5.73. The summed E-state index contributed by atoms with van der Waals surface area (Å²) in [6, 6.07) is 16.0. The second-order valence-electron chi connectivity index (χ2n) is 8.11. The summed E-state index contributed by atoms with van der Waals surface area (Å²) < 4.78 is 0. The lowest BCUT2D eigenvalue weighted by atomic mass is 9.88. The number of halogens is 1. The number of hydrogen-bond donors (Lipinski definition) is 2. The number of rotatable bonds is 5. The van der Waals surface area contributed by atoms with Crippen molar-refractivity contribution in [1.82, 2.24) is 4.90 Å². The van der Waals surface area contributed by atoms with E-state index in [4.69, 9.17) is 11.6 Å². The molecule has 1 aliphatic rings. The zero-order valence-electron chi connectivity index (χ0n) is 15.6. The van der Waals surface area contributed by atoms with E-state index in [9.17, 15) is 10.2 Å². The van der Waals surface area contributed by atoms with Crippen molar-refractivity contribution in [3.05, 3.63) is 59.1 Å². The van der Waals surface area contributed by atoms with Gasteiger partial charge in [-0.05, 0) is 55.5 Å². The van der Waals surface area contributed by atoms with Gasteiger partial charge in [-0.1, -0.05) is 48.0 Å². The molecule has 0 bridgehead atoms. The van der Waals surface area contributed by atoms with Crippen molar-refractivity contribution in [2.24, 2.45) is 0 Å². The zero-order chi connectivity index (χ0) is 18.8. The maximum atomic E-state index is 11.0. The van der Waals surface area contributed by atoms with Crippen LogP contribution in [0, 0.1) is 0 Å². The summed E-state index contributed by atoms with van der Waals surface area (Å²) in [7, 11) is 0. The molecule has 2 aromatic rings. The Hall–Kier alpha value is -1.39. The van der Waals surface area contributed by atoms with Gasteiger partial charge in [0, 0.05) is 31.1 Å². The van der Waals surface area contributed by atoms with Crippen LogP contribution in [0.25, 0.3) is 11.1 Å². The van der Waals surface area contributed by atoms with Gasteiger partial charge in [0.1, 0.15) is 0 Å². The second kappa shape index (κ2) is 7.69. The van der Waals surface area contributed by atoms with E-state index in [2.05, 4.69) is 17.0 Å². The minimum atomic E-state index is -0.828. The molecule has 1 heterocycles. The molecule has 0 spiro atoms. The first-order valence-electron chi connectivity index (χ1n) is 9.25. The largest absolute Gasteiger partial charge is 0.390 e. The monoisotopic (exact) mass is 373 g/mol. The maximum absolute atomic E-state index is 11.0. The first kappa shape index (κ1) is 19.4. The van der Waals surface area contributed by atoms with Gasteiger partial charge in [0.2, 0.25) is 0 Å². The van der Waals surface area contributed by atoms with Crippen molar-refractivity contribution in [3.8, 4) is 11.1 Å². The first-order valence-corrected chi connectivity index (χ1v) is 9.63. The van der Waals surface area contributed by atoms with E-state index in [1.165, 1.54) is 0 Å². The van der Waals surface area contributed by atoms with E-state index >= 15 is 0 Å². The van der Waals surface area contributed by atoms with E-state index in [-0.39, 0.29) is 0 Å². The lowest BCUT2D eigenvalue weighted by Gasteiger charge is -2.39. The molecule has 3 nitrogen and oxygen atoms in total. The molecule has 1 fully saturated rings. The smallest absolute Gasteiger partial charge is 0.0786 e. The molecule has 2 aromatic carbocycles. The van der Waals surface area contributed by atoms with E-state index < -0.39 is 11.2 Å². The van der Waals surface area contributed by atoms with Gasteiger partial charge in [0.25, 0.3) is 0 Å². The van der Waals surface area contributed by atoms with Gasteiger partial charge in [0.05, 0.1) is 11.2 Å². The van der Waals surface area contributed by atoms with Crippen LogP contribution in [0.3, 0.4) is 0 Å². The third-order valence-electron chi connectivity index (χ3n) is 5.24. The molecule has 0 aromatic heterocycles. The molecule has 0 saturated carbocycles. The fourth-order valence-electron chi connectivity index (χ4n) is 3.73. The van der Waals surface area contributed by atoms with Crippen LogP contribution < -0.4 is 0 Å². The third kappa shape index (κ3) is 5.08. The molecule has 0 amide bonds. The van der Waals surface area contributed by atoms with Crippen LogP contribution in [0.2, 0.25) is 5.02 Å². The fourth-order valence-corrected chi connectivity index (χ4v) is 3.85. The topological polar surface area (TPSA) is 43.7 Å². The molecule has 1 unspecified atom stereocenters. The molecule has 3 rings (SSSR count). The lowest BCUT2D eigenvalue weighted by molar-refractivity contribution is -0.0363. The highest BCUT2D eigenvalue weighted by molar-refractivity contribution is 6.30. The van der Waals surface area contributed by atoms with E-state index in [1.807, 2.05) is 50.2 Å². The normalized spacial score (nSPS) is 19.9. The molecule has 1 atom stereocenters. The van der Waals surface area contributed by atoms with Gasteiger partial charge >= 0.3 is 0 Å². The third-order valence-corrected chi connectivity index (χ3v) is 5.49. The predicted octanol–water partition coefficient (Wildman–Crippen LogP) is 4.15. The number of nitrogens with zero attached hydrogens (tertiary/aromatic N) is 1. The highest BCUT2D eigenvalue weighted by Crippen LogP contribution is 2.29. The van der Waals surface area contributed by atoms with Crippen molar-refractivity contribution in [1.29, 1.82) is 0 Å². The summed E-state index contributed by atoms with van der Waals surface area (Å²) in [6.45, 7) is 6.05. The summed E-state index contributed by atoms with van der Waals surface area (Å²) >= 11 is 6.01. The second-order valence-corrected chi connectivity index (χ2v) is 8.55. The maximum Gasteiger partial charge on any atom is 0.0786 e. The molecule has 4 heteroatoms. The molecule has 0 radical (unpaired) electrons. The Morgan fingerprint density at radius 3 is 2.35 bits per heavy atom. The van der Waals surface area contributed by atoms with Crippen LogP contribution in [-0.2, 0) is 6.42 Å². The Labute approximate surface area is 161 Å². The molecule has 0 aliphatic carbocycles. The van der Waals surface area contributed by atoms with Crippen molar-refractivity contribution in [3.63, 3.8) is 0 Å². The Morgan fingerprint density at radius 1 is 1.08 bits per heavy atom. The number of hydrogen-bond acceptors (Lipinski definition) is 3. The molecule has 26 heavy (non-hydrogen) atoms. The highest BCUT2D eigenvalue weighted by atomic mass is 35.5. The van der Waals surface area contributed by atoms with Crippen LogP contribution in [-0.4, -0.2) is 45.9 Å². The van der Waals surface area contributed by atoms with Gasteiger partial charge < -0.3 is 15.1 Å². The summed E-state index contributed by atoms with van der Waals surface area (Å²) in [6.07, 6.45) is 2.09. The summed E-state index contributed by atoms with van der Waals surface area (Å²) in [5.74, 6) is 0. The Balaban J connectivity index is 1.73. The molecular formula is C22H28ClNO2. The van der Waals surface area contributed by atoms with E-state index in [1.54, 1.807) is 0 Å². The van der Waals surface area contributed by atoms with Gasteiger partial charge in [-0.3, -0.25) is 0 Å². The molecule has 2 N–H and O–H groups in total. The Bertz CT molecular complexity index is 730. The summed E-state index contributed by atoms with van der Waals surface area (Å²) in [5.41, 5.74) is 1.97. The van der Waals surface area contributed by atoms with E-state index in [0.717, 1.165) is 47.6 Å². The Morgan fingerprint density at radius 2 is 1.69 bits per heavy atom. The van der Waals surface area contributed by atoms with Crippen LogP contribution in [0.1, 0.15) is 32.3 Å². The van der Waals surface area contributed by atoms with Crippen molar-refractivity contribution in [2.75, 3.05) is 19.6 Å². The summed E-state index contributed by atoms with van der Waals surface area (Å²) in [5, 5.41) is 21.9. The van der Waals surface area contributed by atoms with Crippen LogP contribution in [0.5, 0.6) is 0 Å². The minimum absolute atomic E-state index is 0.566. The van der Waals surface area contributed by atoms with Crippen molar-refractivity contribution >= 4 is 11.6 Å². The number of benzene rings is 2. The fraction of sp³-hybridized carbons (Fsp3) is 0.455. The average Bonchev–Trinajstić information content (AvgIpc) is 2.58. The summed E-state index contributed by atoms with van der Waals surface area (Å²) in [4.78, 5) is 2.25. The molecule has 140 valence electrons. The number of β-amino-alcohol motifs (C(OH)–C–C–N with tert-alkyl or cyclic N) is 1. The number of aliphatic hydroxyl groups is 2. The quantitative estimate of drug-likeness (QED) is 0.827. The predicted molar refractivity (Wildman–Crippen MR) is 108 cm³/mol. The van der Waals surface area contributed by atoms with Crippen molar-refractivity contribution < 1.29 is 10.2 Å². The van der Waals surface area contributed by atoms with E-state index in [0.29, 0.717) is 13.0 Å². The molecule has 1 aliphatic heterocycles. The van der Waals surface area contributed by atoms with Gasteiger partial charge in [-0.25, -0.2) is 0 Å². The van der Waals surface area contributed by atoms with Gasteiger partial charge in [-0.2, -0.15) is 0 Å². The first-order chi connectivity index (χ1) is 12.2. The van der Waals surface area contributed by atoms with Crippen molar-refractivity contribution in [2.45, 2.75) is 44.3 Å². The standard InChI is InChI=1S/C22H28ClNO2/c1-21(25)11-13-24(14-12-21)16-22(2,26)15-18-5-3-4-6-20(18)17-7-9-19(23)10-8-17/h3-10,25-26H,11-16H2,1-2H3. The lowest BCUT2D eigenvalue weighted by Crippen LogP contribution is -2.49. The van der Waals surface area contributed by atoms with Crippen LogP contribution in [0.4, 0.5) is 0 Å². The zero-order valence-corrected chi connectivity index (χ0v) is 16.3. The minimum Gasteiger partial charge on any atom is -0.390 e.